The Morgan fingerprint density at radius 1 is 1.17 bits per heavy atom. The van der Waals surface area contributed by atoms with Crippen molar-refractivity contribution in [2.45, 2.75) is 51.1 Å². The Morgan fingerprint density at radius 3 is 2.25 bits per heavy atom. The highest BCUT2D eigenvalue weighted by atomic mass is 32.2. The van der Waals surface area contributed by atoms with Gasteiger partial charge in [0.15, 0.2) is 0 Å². The molecule has 3 rings (SSSR count). The van der Waals surface area contributed by atoms with Crippen molar-refractivity contribution < 1.29 is 17.2 Å². The molecule has 0 aliphatic heterocycles. The summed E-state index contributed by atoms with van der Waals surface area (Å²) in [6.45, 7) is 0.827. The predicted molar refractivity (Wildman–Crippen MR) is 90.4 cm³/mol. The Labute approximate surface area is 143 Å². The third-order valence-electron chi connectivity index (χ3n) is 5.33. The Hall–Kier alpha value is -1.01. The van der Waals surface area contributed by atoms with Gasteiger partial charge >= 0.3 is 0 Å². The van der Waals surface area contributed by atoms with Gasteiger partial charge in [0.25, 0.3) is 0 Å². The summed E-state index contributed by atoms with van der Waals surface area (Å²) >= 11 is 0. The standard InChI is InChI=1S/C18H25F2NO2S/c1-24(22,23)13-18(9-10-18)12-21(14-5-2-3-6-14)11-15-16(19)7-4-8-17(15)20/h4,7-8,14H,2-3,5-6,9-13H2,1H3. The summed E-state index contributed by atoms with van der Waals surface area (Å²) in [6, 6.07) is 4.24. The van der Waals surface area contributed by atoms with Crippen LogP contribution in [0.15, 0.2) is 18.2 Å². The van der Waals surface area contributed by atoms with Gasteiger partial charge in [-0.25, -0.2) is 17.2 Å². The van der Waals surface area contributed by atoms with Gasteiger partial charge in [-0.05, 0) is 43.2 Å². The van der Waals surface area contributed by atoms with Crippen molar-refractivity contribution in [3.8, 4) is 0 Å². The maximum Gasteiger partial charge on any atom is 0.148 e. The third-order valence-corrected chi connectivity index (χ3v) is 6.46. The van der Waals surface area contributed by atoms with Gasteiger partial charge in [-0.3, -0.25) is 4.90 Å². The van der Waals surface area contributed by atoms with Gasteiger partial charge in [-0.15, -0.1) is 0 Å². The number of benzene rings is 1. The van der Waals surface area contributed by atoms with Crippen LogP contribution in [0.2, 0.25) is 0 Å². The molecule has 1 aromatic rings. The fourth-order valence-electron chi connectivity index (χ4n) is 3.98. The quantitative estimate of drug-likeness (QED) is 0.749. The van der Waals surface area contributed by atoms with E-state index in [-0.39, 0.29) is 23.3 Å². The van der Waals surface area contributed by atoms with Gasteiger partial charge in [0, 0.05) is 31.0 Å². The van der Waals surface area contributed by atoms with Gasteiger partial charge in [-0.2, -0.15) is 0 Å². The van der Waals surface area contributed by atoms with Crippen LogP contribution in [0.4, 0.5) is 8.78 Å². The maximum absolute atomic E-state index is 14.1. The summed E-state index contributed by atoms with van der Waals surface area (Å²) in [4.78, 5) is 2.13. The van der Waals surface area contributed by atoms with E-state index in [0.29, 0.717) is 12.6 Å². The highest BCUT2D eigenvalue weighted by Gasteiger charge is 2.47. The van der Waals surface area contributed by atoms with E-state index in [1.807, 2.05) is 0 Å². The van der Waals surface area contributed by atoms with Crippen LogP contribution in [0.25, 0.3) is 0 Å². The number of sulfone groups is 1. The molecule has 0 radical (unpaired) electrons. The highest BCUT2D eigenvalue weighted by molar-refractivity contribution is 7.90. The van der Waals surface area contributed by atoms with Crippen LogP contribution < -0.4 is 0 Å². The van der Waals surface area contributed by atoms with Crippen molar-refractivity contribution in [3.63, 3.8) is 0 Å². The molecule has 6 heteroatoms. The van der Waals surface area contributed by atoms with Gasteiger partial charge in [0.2, 0.25) is 0 Å². The van der Waals surface area contributed by atoms with E-state index in [4.69, 9.17) is 0 Å². The maximum atomic E-state index is 14.1. The van der Waals surface area contributed by atoms with Crippen molar-refractivity contribution in [1.29, 1.82) is 0 Å². The van der Waals surface area contributed by atoms with Crippen LogP contribution in [0.5, 0.6) is 0 Å². The largest absolute Gasteiger partial charge is 0.295 e. The lowest BCUT2D eigenvalue weighted by Crippen LogP contribution is -2.40. The van der Waals surface area contributed by atoms with Gasteiger partial charge in [0.1, 0.15) is 21.5 Å². The average Bonchev–Trinajstić information content (AvgIpc) is 3.00. The monoisotopic (exact) mass is 357 g/mol. The zero-order valence-electron chi connectivity index (χ0n) is 14.1. The number of rotatable bonds is 7. The molecule has 0 unspecified atom stereocenters. The van der Waals surface area contributed by atoms with Gasteiger partial charge < -0.3 is 0 Å². The molecule has 0 N–H and O–H groups in total. The Morgan fingerprint density at radius 2 is 1.75 bits per heavy atom. The molecule has 0 aromatic heterocycles. The number of hydrogen-bond donors (Lipinski definition) is 0. The lowest BCUT2D eigenvalue weighted by atomic mass is 10.0. The normalized spacial score (nSPS) is 20.7. The van der Waals surface area contributed by atoms with Crippen molar-refractivity contribution in [3.05, 3.63) is 35.4 Å². The summed E-state index contributed by atoms with van der Waals surface area (Å²) in [5.41, 5.74) is -0.127. The minimum absolute atomic E-state index is 0.0968. The van der Waals surface area contributed by atoms with E-state index < -0.39 is 21.5 Å². The molecule has 2 fully saturated rings. The van der Waals surface area contributed by atoms with Crippen LogP contribution in [0, 0.1) is 17.0 Å². The van der Waals surface area contributed by atoms with E-state index in [9.17, 15) is 17.2 Å². The van der Waals surface area contributed by atoms with E-state index >= 15 is 0 Å². The third kappa shape index (κ3) is 4.33. The molecule has 0 saturated heterocycles. The molecule has 0 atom stereocenters. The first-order valence-corrected chi connectivity index (χ1v) is 10.7. The molecule has 0 spiro atoms. The molecule has 2 saturated carbocycles. The molecule has 3 nitrogen and oxygen atoms in total. The molecule has 0 heterocycles. The average molecular weight is 357 g/mol. The summed E-state index contributed by atoms with van der Waals surface area (Å²) in [5, 5.41) is 0. The van der Waals surface area contributed by atoms with Crippen LogP contribution in [0.3, 0.4) is 0 Å². The summed E-state index contributed by atoms with van der Waals surface area (Å²) in [7, 11) is -3.05. The molecule has 134 valence electrons. The predicted octanol–water partition coefficient (Wildman–Crippen LogP) is 3.53. The minimum Gasteiger partial charge on any atom is -0.295 e. The van der Waals surface area contributed by atoms with Crippen molar-refractivity contribution >= 4 is 9.84 Å². The Kier molecular flexibility index (Phi) is 4.98. The molecular weight excluding hydrogens is 332 g/mol. The Balaban J connectivity index is 1.80. The molecule has 0 bridgehead atoms. The molecule has 2 aliphatic carbocycles. The second kappa shape index (κ2) is 6.71. The molecule has 1 aromatic carbocycles. The fourth-order valence-corrected chi connectivity index (χ4v) is 5.47. The van der Waals surface area contributed by atoms with Crippen LogP contribution in [0.1, 0.15) is 44.1 Å². The number of hydrogen-bond acceptors (Lipinski definition) is 3. The van der Waals surface area contributed by atoms with Crippen LogP contribution in [-0.2, 0) is 16.4 Å². The summed E-state index contributed by atoms with van der Waals surface area (Å²) < 4.78 is 51.5. The van der Waals surface area contributed by atoms with E-state index in [2.05, 4.69) is 4.90 Å². The van der Waals surface area contributed by atoms with Gasteiger partial charge in [-0.1, -0.05) is 18.9 Å². The lowest BCUT2D eigenvalue weighted by Gasteiger charge is -2.32. The first-order chi connectivity index (χ1) is 11.3. The smallest absolute Gasteiger partial charge is 0.148 e. The summed E-state index contributed by atoms with van der Waals surface area (Å²) in [6.07, 6.45) is 7.31. The van der Waals surface area contributed by atoms with Crippen molar-refractivity contribution in [2.75, 3.05) is 18.6 Å². The molecule has 0 amide bonds. The van der Waals surface area contributed by atoms with Crippen LogP contribution >= 0.6 is 0 Å². The minimum atomic E-state index is -3.05. The zero-order valence-corrected chi connectivity index (χ0v) is 14.9. The highest BCUT2D eigenvalue weighted by Crippen LogP contribution is 2.48. The van der Waals surface area contributed by atoms with Crippen LogP contribution in [-0.4, -0.2) is 37.9 Å². The molecular formula is C18H25F2NO2S. The fraction of sp³-hybridized carbons (Fsp3) is 0.667. The van der Waals surface area contributed by atoms with Gasteiger partial charge in [0.05, 0.1) is 5.75 Å². The van der Waals surface area contributed by atoms with E-state index in [1.54, 1.807) is 0 Å². The zero-order chi connectivity index (χ0) is 17.4. The second-order valence-electron chi connectivity index (χ2n) is 7.61. The lowest BCUT2D eigenvalue weighted by molar-refractivity contribution is 0.153. The van der Waals surface area contributed by atoms with Crippen molar-refractivity contribution in [1.82, 2.24) is 4.90 Å². The summed E-state index contributed by atoms with van der Waals surface area (Å²) in [5.74, 6) is -0.875. The topological polar surface area (TPSA) is 37.4 Å². The van der Waals surface area contributed by atoms with Crippen molar-refractivity contribution in [2.24, 2.45) is 5.41 Å². The van der Waals surface area contributed by atoms with E-state index in [1.165, 1.54) is 24.5 Å². The SMILES string of the molecule is CS(=O)(=O)CC1(CN(Cc2c(F)cccc2F)C2CCCC2)CC1. The number of halogens is 2. The second-order valence-corrected chi connectivity index (χ2v) is 9.75. The molecule has 24 heavy (non-hydrogen) atoms. The van der Waals surface area contributed by atoms with E-state index in [0.717, 1.165) is 38.5 Å². The first-order valence-electron chi connectivity index (χ1n) is 8.63. The Bertz CT molecular complexity index is 675. The first kappa shape index (κ1) is 17.8. The number of nitrogens with zero attached hydrogens (tertiary/aromatic N) is 1. The molecule has 2 aliphatic rings.